The first-order valence-electron chi connectivity index (χ1n) is 9.90. The number of nitrogens with zero attached hydrogens (tertiary/aromatic N) is 2. The highest BCUT2D eigenvalue weighted by atomic mass is 16.5. The molecule has 3 unspecified atom stereocenters. The van der Waals surface area contributed by atoms with E-state index in [1.54, 1.807) is 0 Å². The lowest BCUT2D eigenvalue weighted by atomic mass is 9.81. The molecule has 0 aliphatic carbocycles. The number of ether oxygens (including phenoxy) is 2. The smallest absolute Gasteiger partial charge is 0.223 e. The van der Waals surface area contributed by atoms with E-state index in [1.807, 2.05) is 0 Å². The number of hydrogen-bond donors (Lipinski definition) is 0. The maximum atomic E-state index is 12.7. The van der Waals surface area contributed by atoms with Crippen LogP contribution in [0.3, 0.4) is 0 Å². The summed E-state index contributed by atoms with van der Waals surface area (Å²) >= 11 is 0. The Morgan fingerprint density at radius 1 is 1.21 bits per heavy atom. The Balaban J connectivity index is 1.51. The van der Waals surface area contributed by atoms with E-state index in [2.05, 4.69) is 23.6 Å². The minimum absolute atomic E-state index is 0.226. The average Bonchev–Trinajstić information content (AvgIpc) is 3.00. The van der Waals surface area contributed by atoms with E-state index < -0.39 is 0 Å². The van der Waals surface area contributed by atoms with Gasteiger partial charge in [-0.05, 0) is 37.5 Å². The van der Waals surface area contributed by atoms with Crippen molar-refractivity contribution in [2.75, 3.05) is 32.8 Å². The van der Waals surface area contributed by atoms with Crippen molar-refractivity contribution in [3.05, 3.63) is 0 Å². The summed E-state index contributed by atoms with van der Waals surface area (Å²) in [6, 6.07) is 0.549. The Hall–Kier alpha value is -0.650. The van der Waals surface area contributed by atoms with Gasteiger partial charge in [-0.25, -0.2) is 0 Å². The monoisotopic (exact) mass is 336 g/mol. The fourth-order valence-electron chi connectivity index (χ4n) is 5.23. The molecule has 5 nitrogen and oxygen atoms in total. The van der Waals surface area contributed by atoms with Gasteiger partial charge >= 0.3 is 0 Å². The van der Waals surface area contributed by atoms with Crippen LogP contribution in [0, 0.1) is 11.8 Å². The van der Waals surface area contributed by atoms with Crippen molar-refractivity contribution in [1.82, 2.24) is 9.80 Å². The second-order valence-electron chi connectivity index (χ2n) is 8.46. The fourth-order valence-corrected chi connectivity index (χ4v) is 5.23. The molecule has 0 aromatic heterocycles. The lowest BCUT2D eigenvalue weighted by molar-refractivity contribution is -0.172. The first-order valence-corrected chi connectivity index (χ1v) is 9.90. The molecule has 136 valence electrons. The minimum atomic E-state index is 0.226. The third-order valence-electron chi connectivity index (χ3n) is 6.52. The number of piperidine rings is 1. The average molecular weight is 336 g/mol. The van der Waals surface area contributed by atoms with Crippen LogP contribution in [0.1, 0.15) is 46.0 Å². The van der Waals surface area contributed by atoms with Crippen molar-refractivity contribution in [2.45, 2.75) is 70.2 Å². The Kier molecular flexibility index (Phi) is 4.85. The highest BCUT2D eigenvalue weighted by molar-refractivity contribution is 5.78. The van der Waals surface area contributed by atoms with Crippen molar-refractivity contribution >= 4 is 5.91 Å². The SMILES string of the molecule is CC(C)[C@H]1COC2CCN(CC3CCCO3)C[C@H]3CCC(=O)N1C23. The van der Waals surface area contributed by atoms with Crippen molar-refractivity contribution in [1.29, 1.82) is 0 Å². The van der Waals surface area contributed by atoms with Crippen LogP contribution in [-0.4, -0.2) is 72.8 Å². The Bertz CT molecular complexity index is 464. The third-order valence-corrected chi connectivity index (χ3v) is 6.52. The minimum Gasteiger partial charge on any atom is -0.377 e. The number of morpholine rings is 1. The fraction of sp³-hybridized carbons (Fsp3) is 0.947. The number of amides is 1. The lowest BCUT2D eigenvalue weighted by Gasteiger charge is -2.52. The molecule has 4 fully saturated rings. The Labute approximate surface area is 145 Å². The first kappa shape index (κ1) is 16.8. The molecule has 0 radical (unpaired) electrons. The maximum absolute atomic E-state index is 12.7. The quantitative estimate of drug-likeness (QED) is 0.789. The zero-order valence-corrected chi connectivity index (χ0v) is 15.2. The highest BCUT2D eigenvalue weighted by Gasteiger charge is 2.49. The van der Waals surface area contributed by atoms with Gasteiger partial charge in [0, 0.05) is 32.7 Å². The lowest BCUT2D eigenvalue weighted by Crippen LogP contribution is -2.65. The molecule has 0 aromatic carbocycles. The maximum Gasteiger partial charge on any atom is 0.223 e. The van der Waals surface area contributed by atoms with Gasteiger partial charge in [0.2, 0.25) is 5.91 Å². The van der Waals surface area contributed by atoms with Gasteiger partial charge < -0.3 is 19.3 Å². The molecule has 4 rings (SSSR count). The number of carbonyl (C=O) groups excluding carboxylic acids is 1. The largest absolute Gasteiger partial charge is 0.377 e. The molecule has 4 aliphatic heterocycles. The number of carbonyl (C=O) groups is 1. The summed E-state index contributed by atoms with van der Waals surface area (Å²) in [5.41, 5.74) is 0. The second-order valence-corrected chi connectivity index (χ2v) is 8.46. The van der Waals surface area contributed by atoms with Crippen LogP contribution in [-0.2, 0) is 14.3 Å². The molecule has 24 heavy (non-hydrogen) atoms. The summed E-state index contributed by atoms with van der Waals surface area (Å²) in [5, 5.41) is 0. The molecular formula is C19H32N2O3. The van der Waals surface area contributed by atoms with Gasteiger partial charge in [0.15, 0.2) is 0 Å². The van der Waals surface area contributed by atoms with Gasteiger partial charge in [-0.1, -0.05) is 13.8 Å². The molecule has 5 atom stereocenters. The molecule has 0 aromatic rings. The van der Waals surface area contributed by atoms with E-state index in [4.69, 9.17) is 9.47 Å². The summed E-state index contributed by atoms with van der Waals surface area (Å²) in [6.45, 7) is 9.29. The van der Waals surface area contributed by atoms with E-state index in [1.165, 1.54) is 12.8 Å². The predicted molar refractivity (Wildman–Crippen MR) is 91.8 cm³/mol. The topological polar surface area (TPSA) is 42.0 Å². The van der Waals surface area contributed by atoms with Crippen LogP contribution >= 0.6 is 0 Å². The van der Waals surface area contributed by atoms with Crippen LogP contribution in [0.5, 0.6) is 0 Å². The van der Waals surface area contributed by atoms with Crippen molar-refractivity contribution in [3.8, 4) is 0 Å². The molecular weight excluding hydrogens is 304 g/mol. The molecule has 0 N–H and O–H groups in total. The molecule has 0 saturated carbocycles. The predicted octanol–water partition coefficient (Wildman–Crippen LogP) is 1.90. The molecule has 0 bridgehead atoms. The summed E-state index contributed by atoms with van der Waals surface area (Å²) in [4.78, 5) is 17.5. The van der Waals surface area contributed by atoms with Crippen molar-refractivity contribution < 1.29 is 14.3 Å². The first-order chi connectivity index (χ1) is 11.6. The molecule has 4 heterocycles. The van der Waals surface area contributed by atoms with Crippen LogP contribution in [0.15, 0.2) is 0 Å². The molecule has 0 spiro atoms. The van der Waals surface area contributed by atoms with Crippen molar-refractivity contribution in [3.63, 3.8) is 0 Å². The molecule has 1 amide bonds. The zero-order valence-electron chi connectivity index (χ0n) is 15.2. The van der Waals surface area contributed by atoms with Gasteiger partial charge in [0.1, 0.15) is 0 Å². The Morgan fingerprint density at radius 3 is 2.83 bits per heavy atom. The summed E-state index contributed by atoms with van der Waals surface area (Å²) in [6.07, 6.45) is 5.82. The van der Waals surface area contributed by atoms with Gasteiger partial charge in [-0.2, -0.15) is 0 Å². The van der Waals surface area contributed by atoms with Crippen LogP contribution in [0.4, 0.5) is 0 Å². The Morgan fingerprint density at radius 2 is 2.08 bits per heavy atom. The standard InChI is InChI=1S/C19H32N2O3/c1-13(2)16-12-24-17-7-8-20(11-15-4-3-9-23-15)10-14-5-6-18(22)21(16)19(14)17/h13-17,19H,3-12H2,1-2H3/t14-,15?,16-,17?,19?/m1/s1. The van der Waals surface area contributed by atoms with Gasteiger partial charge in [-0.15, -0.1) is 0 Å². The van der Waals surface area contributed by atoms with E-state index >= 15 is 0 Å². The van der Waals surface area contributed by atoms with Gasteiger partial charge in [-0.3, -0.25) is 4.79 Å². The van der Waals surface area contributed by atoms with Crippen molar-refractivity contribution in [2.24, 2.45) is 11.8 Å². The van der Waals surface area contributed by atoms with Crippen LogP contribution in [0.2, 0.25) is 0 Å². The third kappa shape index (κ3) is 3.11. The second kappa shape index (κ2) is 6.93. The van der Waals surface area contributed by atoms with E-state index in [0.29, 0.717) is 42.9 Å². The van der Waals surface area contributed by atoms with Gasteiger partial charge in [0.05, 0.1) is 30.9 Å². The number of hydrogen-bond acceptors (Lipinski definition) is 4. The molecule has 4 aliphatic rings. The van der Waals surface area contributed by atoms with Crippen LogP contribution < -0.4 is 0 Å². The number of rotatable bonds is 3. The van der Waals surface area contributed by atoms with Gasteiger partial charge in [0.25, 0.3) is 0 Å². The van der Waals surface area contributed by atoms with E-state index in [9.17, 15) is 4.79 Å². The van der Waals surface area contributed by atoms with E-state index in [0.717, 1.165) is 39.1 Å². The highest BCUT2D eigenvalue weighted by Crippen LogP contribution is 2.38. The molecule has 5 heteroatoms. The van der Waals surface area contributed by atoms with Crippen LogP contribution in [0.25, 0.3) is 0 Å². The summed E-state index contributed by atoms with van der Waals surface area (Å²) in [7, 11) is 0. The van der Waals surface area contributed by atoms with E-state index in [-0.39, 0.29) is 12.1 Å². The zero-order chi connectivity index (χ0) is 16.7. The number of likely N-dealkylation sites (tertiary alicyclic amines) is 1. The normalized spacial score (nSPS) is 40.7. The summed E-state index contributed by atoms with van der Waals surface area (Å²) < 4.78 is 12.1. The summed E-state index contributed by atoms with van der Waals surface area (Å²) in [5.74, 6) is 1.37. The molecule has 4 saturated heterocycles.